The van der Waals surface area contributed by atoms with Gasteiger partial charge in [-0.15, -0.1) is 0 Å². The van der Waals surface area contributed by atoms with Crippen LogP contribution in [0.1, 0.15) is 0 Å². The van der Waals surface area contributed by atoms with Crippen LogP contribution in [0, 0.1) is 5.21 Å². The first kappa shape index (κ1) is 9.58. The summed E-state index contributed by atoms with van der Waals surface area (Å²) < 4.78 is 0.882. The first-order valence-corrected chi connectivity index (χ1v) is 4.77. The maximum absolute atomic E-state index is 11.8. The van der Waals surface area contributed by atoms with Crippen LogP contribution in [0.3, 0.4) is 0 Å². The summed E-state index contributed by atoms with van der Waals surface area (Å²) >= 11 is 0. The number of hydrogen-bond acceptors (Lipinski definition) is 3. The second-order valence-electron chi connectivity index (χ2n) is 3.30. The molecule has 2 rings (SSSR count). The van der Waals surface area contributed by atoms with E-state index in [-0.39, 0.29) is 0 Å². The molecular weight excluding hydrogens is 190 g/mol. The van der Waals surface area contributed by atoms with Gasteiger partial charge >= 0.3 is 0 Å². The Kier molecular flexibility index (Phi) is 2.33. The van der Waals surface area contributed by atoms with Gasteiger partial charge in [0, 0.05) is 14.1 Å². The van der Waals surface area contributed by atoms with Crippen LogP contribution in [-0.4, -0.2) is 14.1 Å². The van der Waals surface area contributed by atoms with Gasteiger partial charge in [-0.3, -0.25) is 0 Å². The Morgan fingerprint density at radius 2 is 2.00 bits per heavy atom. The first-order chi connectivity index (χ1) is 7.26. The monoisotopic (exact) mass is 203 g/mol. The lowest BCUT2D eigenvalue weighted by Gasteiger charge is -2.08. The van der Waals surface area contributed by atoms with Gasteiger partial charge in [-0.05, 0) is 18.2 Å². The number of anilines is 2. The van der Waals surface area contributed by atoms with Gasteiger partial charge in [0.1, 0.15) is 11.4 Å². The van der Waals surface area contributed by atoms with Crippen LogP contribution in [-0.2, 0) is 0 Å². The summed E-state index contributed by atoms with van der Waals surface area (Å²) in [4.78, 5) is 0. The highest BCUT2D eigenvalue weighted by atomic mass is 16.5. The van der Waals surface area contributed by atoms with Crippen LogP contribution < -0.4 is 15.4 Å². The molecule has 1 aromatic heterocycles. The largest absolute Gasteiger partial charge is 0.618 e. The quantitative estimate of drug-likeness (QED) is 0.575. The second-order valence-corrected chi connectivity index (χ2v) is 3.30. The normalized spacial score (nSPS) is 10.3. The Labute approximate surface area is 88.1 Å². The molecule has 4 nitrogen and oxygen atoms in total. The number of hydrogen-bond donors (Lipinski definition) is 2. The van der Waals surface area contributed by atoms with E-state index in [1.54, 1.807) is 14.1 Å². The molecule has 78 valence electrons. The van der Waals surface area contributed by atoms with Crippen molar-refractivity contribution in [3.63, 3.8) is 0 Å². The Bertz CT molecular complexity index is 496. The predicted octanol–water partition coefficient (Wildman–Crippen LogP) is 1.56. The molecule has 0 bridgehead atoms. The van der Waals surface area contributed by atoms with E-state index in [0.717, 1.165) is 21.5 Å². The van der Waals surface area contributed by atoms with Gasteiger partial charge in [0.15, 0.2) is 0 Å². The fourth-order valence-corrected chi connectivity index (χ4v) is 1.66. The maximum atomic E-state index is 11.8. The highest BCUT2D eigenvalue weighted by molar-refractivity contribution is 5.89. The molecule has 0 spiro atoms. The summed E-state index contributed by atoms with van der Waals surface area (Å²) in [6.45, 7) is 0. The number of fused-ring (bicyclic) bond motifs is 1. The summed E-state index contributed by atoms with van der Waals surface area (Å²) in [5.41, 5.74) is 2.31. The molecular formula is C11H13N3O. The average molecular weight is 203 g/mol. The van der Waals surface area contributed by atoms with Gasteiger partial charge in [-0.2, -0.15) is 4.73 Å². The summed E-state index contributed by atoms with van der Waals surface area (Å²) in [5.74, 6) is 0. The van der Waals surface area contributed by atoms with E-state index in [0.29, 0.717) is 5.52 Å². The first-order valence-electron chi connectivity index (χ1n) is 4.77. The minimum Gasteiger partial charge on any atom is -0.618 e. The molecule has 2 aromatic rings. The summed E-state index contributed by atoms with van der Waals surface area (Å²) in [5, 5.41) is 18.7. The smallest absolute Gasteiger partial charge is 0.247 e. The van der Waals surface area contributed by atoms with E-state index in [1.165, 1.54) is 6.20 Å². The fraction of sp³-hybridized carbons (Fsp3) is 0.182. The Morgan fingerprint density at radius 3 is 2.67 bits per heavy atom. The fourth-order valence-electron chi connectivity index (χ4n) is 1.66. The molecule has 0 aliphatic rings. The van der Waals surface area contributed by atoms with Crippen molar-refractivity contribution in [3.05, 3.63) is 35.7 Å². The lowest BCUT2D eigenvalue weighted by Crippen LogP contribution is -2.27. The van der Waals surface area contributed by atoms with Gasteiger partial charge in [0.25, 0.3) is 0 Å². The average Bonchev–Trinajstić information content (AvgIpc) is 2.27. The molecule has 1 aromatic carbocycles. The van der Waals surface area contributed by atoms with Gasteiger partial charge < -0.3 is 15.8 Å². The van der Waals surface area contributed by atoms with Crippen LogP contribution in [0.5, 0.6) is 0 Å². The molecule has 2 N–H and O–H groups in total. The van der Waals surface area contributed by atoms with E-state index >= 15 is 0 Å². The van der Waals surface area contributed by atoms with Gasteiger partial charge in [0.05, 0.1) is 5.39 Å². The molecule has 0 radical (unpaired) electrons. The van der Waals surface area contributed by atoms with Crippen molar-refractivity contribution in [2.45, 2.75) is 0 Å². The summed E-state index contributed by atoms with van der Waals surface area (Å²) in [6, 6.07) is 7.68. The van der Waals surface area contributed by atoms with E-state index < -0.39 is 0 Å². The Morgan fingerprint density at radius 1 is 1.20 bits per heavy atom. The number of nitrogens with zero attached hydrogens (tertiary/aromatic N) is 1. The van der Waals surface area contributed by atoms with E-state index in [1.807, 2.05) is 24.3 Å². The van der Waals surface area contributed by atoms with Crippen LogP contribution in [0.2, 0.25) is 0 Å². The summed E-state index contributed by atoms with van der Waals surface area (Å²) in [7, 11) is 3.60. The van der Waals surface area contributed by atoms with Crippen LogP contribution in [0.15, 0.2) is 30.5 Å². The number of para-hydroxylation sites is 1. The molecule has 0 aliphatic carbocycles. The highest BCUT2D eigenvalue weighted by Gasteiger charge is 2.10. The molecule has 0 saturated carbocycles. The number of rotatable bonds is 2. The zero-order valence-electron chi connectivity index (χ0n) is 8.74. The summed E-state index contributed by atoms with van der Waals surface area (Å²) in [6.07, 6.45) is 1.53. The van der Waals surface area contributed by atoms with Crippen molar-refractivity contribution in [1.29, 1.82) is 0 Å². The molecule has 0 amide bonds. The number of benzene rings is 1. The second kappa shape index (κ2) is 3.65. The lowest BCUT2D eigenvalue weighted by molar-refractivity contribution is -0.575. The van der Waals surface area contributed by atoms with Crippen molar-refractivity contribution in [2.24, 2.45) is 0 Å². The third-order valence-electron chi connectivity index (χ3n) is 2.41. The maximum Gasteiger partial charge on any atom is 0.247 e. The SMILES string of the molecule is CNc1cc2cccc(NC)c2[n+]([O-])c1. The third kappa shape index (κ3) is 1.54. The highest BCUT2D eigenvalue weighted by Crippen LogP contribution is 2.21. The van der Waals surface area contributed by atoms with Crippen molar-refractivity contribution < 1.29 is 4.73 Å². The molecule has 0 atom stereocenters. The van der Waals surface area contributed by atoms with Crippen molar-refractivity contribution in [3.8, 4) is 0 Å². The minimum atomic E-state index is 0.666. The van der Waals surface area contributed by atoms with Crippen molar-refractivity contribution >= 4 is 22.3 Å². The molecule has 15 heavy (non-hydrogen) atoms. The zero-order chi connectivity index (χ0) is 10.8. The minimum absolute atomic E-state index is 0.666. The number of aromatic nitrogens is 1. The van der Waals surface area contributed by atoms with Crippen LogP contribution in [0.25, 0.3) is 10.9 Å². The van der Waals surface area contributed by atoms with Crippen molar-refractivity contribution in [2.75, 3.05) is 24.7 Å². The topological polar surface area (TPSA) is 51.0 Å². The van der Waals surface area contributed by atoms with Gasteiger partial charge in [-0.1, -0.05) is 6.07 Å². The van der Waals surface area contributed by atoms with E-state index in [9.17, 15) is 5.21 Å². The van der Waals surface area contributed by atoms with Gasteiger partial charge in [-0.25, -0.2) is 0 Å². The molecule has 0 fully saturated rings. The lowest BCUT2D eigenvalue weighted by atomic mass is 10.2. The van der Waals surface area contributed by atoms with Gasteiger partial charge in [0.2, 0.25) is 11.7 Å². The predicted molar refractivity (Wildman–Crippen MR) is 62.0 cm³/mol. The number of nitrogens with one attached hydrogen (secondary N) is 2. The third-order valence-corrected chi connectivity index (χ3v) is 2.41. The standard InChI is InChI=1S/C11H13N3O/c1-12-9-6-8-4-3-5-10(13-2)11(8)14(15)7-9/h3-7,12-13H,1-2H3. The van der Waals surface area contributed by atoms with E-state index in [2.05, 4.69) is 10.6 Å². The molecule has 0 unspecified atom stereocenters. The Balaban J connectivity index is 2.78. The molecule has 0 saturated heterocycles. The molecule has 0 aliphatic heterocycles. The molecule has 4 heteroatoms. The zero-order valence-corrected chi connectivity index (χ0v) is 8.74. The Hall–Kier alpha value is -1.97. The van der Waals surface area contributed by atoms with Crippen LogP contribution >= 0.6 is 0 Å². The molecule has 1 heterocycles. The number of pyridine rings is 1. The van der Waals surface area contributed by atoms with E-state index in [4.69, 9.17) is 0 Å². The van der Waals surface area contributed by atoms with Crippen LogP contribution in [0.4, 0.5) is 11.4 Å². The van der Waals surface area contributed by atoms with Crippen molar-refractivity contribution in [1.82, 2.24) is 0 Å².